The van der Waals surface area contributed by atoms with Gasteiger partial charge in [0.1, 0.15) is 5.76 Å². The van der Waals surface area contributed by atoms with E-state index < -0.39 is 0 Å². The number of rotatable bonds is 5. The molecule has 0 spiro atoms. The van der Waals surface area contributed by atoms with E-state index in [1.807, 2.05) is 36.5 Å². The number of carbonyl (C=O) groups is 2. The lowest BCUT2D eigenvalue weighted by atomic mass is 10.2. The molecule has 1 fully saturated rings. The van der Waals surface area contributed by atoms with Gasteiger partial charge >= 0.3 is 0 Å². The van der Waals surface area contributed by atoms with Crippen LogP contribution >= 0.6 is 11.8 Å². The molecule has 5 rings (SSSR count). The number of aliphatic imine (C=N–C) groups is 1. The second-order valence-electron chi connectivity index (χ2n) is 7.99. The zero-order valence-corrected chi connectivity index (χ0v) is 19.1. The predicted octanol–water partition coefficient (Wildman–Crippen LogP) is 4.42. The van der Waals surface area contributed by atoms with Gasteiger partial charge in [-0.2, -0.15) is 0 Å². The molecule has 0 saturated carbocycles. The van der Waals surface area contributed by atoms with Crippen LogP contribution < -0.4 is 10.2 Å². The van der Waals surface area contributed by atoms with Gasteiger partial charge in [0, 0.05) is 37.5 Å². The first kappa shape index (κ1) is 21.3. The lowest BCUT2D eigenvalue weighted by Crippen LogP contribution is -2.31. The second-order valence-corrected chi connectivity index (χ2v) is 9.00. The molecule has 7 nitrogen and oxygen atoms in total. The Kier molecular flexibility index (Phi) is 5.92. The number of amidine groups is 1. The Balaban J connectivity index is 1.43. The molecular weight excluding hydrogens is 436 g/mol. The fraction of sp³-hybridized carbons (Fsp3) is 0.240. The minimum atomic E-state index is -0.125. The van der Waals surface area contributed by atoms with Crippen LogP contribution in [0.25, 0.3) is 0 Å². The number of hydrogen-bond acceptors (Lipinski definition) is 6. The number of ether oxygens (including phenoxy) is 1. The Morgan fingerprint density at radius 1 is 1.21 bits per heavy atom. The summed E-state index contributed by atoms with van der Waals surface area (Å²) in [6.45, 7) is 3.33. The minimum absolute atomic E-state index is 0.0746. The molecule has 0 bridgehead atoms. The summed E-state index contributed by atoms with van der Waals surface area (Å²) in [4.78, 5) is 33.8. The van der Waals surface area contributed by atoms with Crippen molar-refractivity contribution in [3.8, 4) is 0 Å². The maximum atomic E-state index is 13.4. The molecule has 1 N–H and O–H groups in total. The van der Waals surface area contributed by atoms with Gasteiger partial charge in [-0.1, -0.05) is 18.2 Å². The number of anilines is 2. The SMILES string of the molecule is CC(=O)Nc1ccc(/N=C2\S/C(=C\N3CCc4ccccc43)C(=O)N2CC2=CCCO2)cc1. The molecule has 2 aromatic carbocycles. The third-order valence-corrected chi connectivity index (χ3v) is 6.58. The van der Waals surface area contributed by atoms with Crippen LogP contribution in [-0.4, -0.2) is 41.6 Å². The van der Waals surface area contributed by atoms with Crippen molar-refractivity contribution in [2.75, 3.05) is 29.9 Å². The topological polar surface area (TPSA) is 74.2 Å². The van der Waals surface area contributed by atoms with Crippen molar-refractivity contribution in [2.45, 2.75) is 19.8 Å². The van der Waals surface area contributed by atoms with Crippen LogP contribution in [0.1, 0.15) is 18.9 Å². The van der Waals surface area contributed by atoms with Crippen LogP contribution in [0, 0.1) is 0 Å². The molecule has 0 atom stereocenters. The molecule has 33 heavy (non-hydrogen) atoms. The van der Waals surface area contributed by atoms with Crippen LogP contribution in [0.4, 0.5) is 17.1 Å². The van der Waals surface area contributed by atoms with Gasteiger partial charge in [-0.3, -0.25) is 14.5 Å². The third kappa shape index (κ3) is 4.66. The van der Waals surface area contributed by atoms with Gasteiger partial charge in [-0.25, -0.2) is 4.99 Å². The number of carbonyl (C=O) groups excluding carboxylic acids is 2. The van der Waals surface area contributed by atoms with Gasteiger partial charge in [0.15, 0.2) is 5.17 Å². The van der Waals surface area contributed by atoms with Gasteiger partial charge in [-0.15, -0.1) is 0 Å². The summed E-state index contributed by atoms with van der Waals surface area (Å²) >= 11 is 1.37. The first-order chi connectivity index (χ1) is 16.1. The Morgan fingerprint density at radius 3 is 2.79 bits per heavy atom. The van der Waals surface area contributed by atoms with E-state index in [1.54, 1.807) is 17.0 Å². The smallest absolute Gasteiger partial charge is 0.268 e. The van der Waals surface area contributed by atoms with E-state index in [1.165, 1.54) is 24.2 Å². The Morgan fingerprint density at radius 2 is 2.03 bits per heavy atom. The molecule has 168 valence electrons. The largest absolute Gasteiger partial charge is 0.496 e. The lowest BCUT2D eigenvalue weighted by molar-refractivity contribution is -0.122. The summed E-state index contributed by atoms with van der Waals surface area (Å²) in [6, 6.07) is 15.5. The molecule has 3 heterocycles. The number of nitrogens with zero attached hydrogens (tertiary/aromatic N) is 3. The van der Waals surface area contributed by atoms with Gasteiger partial charge < -0.3 is 15.0 Å². The Labute approximate surface area is 196 Å². The average Bonchev–Trinajstić information content (AvgIpc) is 3.53. The molecule has 0 unspecified atom stereocenters. The van der Waals surface area contributed by atoms with Crippen LogP contribution in [0.15, 0.2) is 76.5 Å². The molecular formula is C25H24N4O3S. The molecule has 8 heteroatoms. The average molecular weight is 461 g/mol. The number of hydrogen-bond donors (Lipinski definition) is 1. The number of benzene rings is 2. The van der Waals surface area contributed by atoms with Crippen molar-refractivity contribution < 1.29 is 14.3 Å². The highest BCUT2D eigenvalue weighted by Gasteiger charge is 2.35. The van der Waals surface area contributed by atoms with E-state index in [9.17, 15) is 9.59 Å². The molecule has 0 aromatic heterocycles. The van der Waals surface area contributed by atoms with Gasteiger partial charge in [0.25, 0.3) is 5.91 Å². The molecule has 2 aromatic rings. The van der Waals surface area contributed by atoms with E-state index in [2.05, 4.69) is 22.3 Å². The second kappa shape index (κ2) is 9.15. The molecule has 3 aliphatic heterocycles. The van der Waals surface area contributed by atoms with Crippen LogP contribution in [0.3, 0.4) is 0 Å². The fourth-order valence-electron chi connectivity index (χ4n) is 4.03. The van der Waals surface area contributed by atoms with Crippen molar-refractivity contribution in [2.24, 2.45) is 4.99 Å². The van der Waals surface area contributed by atoms with E-state index in [-0.39, 0.29) is 11.8 Å². The van der Waals surface area contributed by atoms with Crippen LogP contribution in [0.2, 0.25) is 0 Å². The molecule has 0 radical (unpaired) electrons. The van der Waals surface area contributed by atoms with Crippen molar-refractivity contribution in [3.63, 3.8) is 0 Å². The third-order valence-electron chi connectivity index (χ3n) is 5.59. The number of thioether (sulfide) groups is 1. The number of nitrogens with one attached hydrogen (secondary N) is 1. The standard InChI is InChI=1S/C25H24N4O3S/c1-17(30)26-19-8-10-20(11-9-19)27-25-29(15-21-6-4-14-32-21)24(31)23(33-25)16-28-13-12-18-5-2-3-7-22(18)28/h2-3,5-11,16H,4,12-15H2,1H3,(H,26,30)/b23-16-,27-25-. The Bertz CT molecular complexity index is 1190. The zero-order valence-electron chi connectivity index (χ0n) is 18.3. The maximum Gasteiger partial charge on any atom is 0.268 e. The van der Waals surface area contributed by atoms with Gasteiger partial charge in [-0.05, 0) is 60.2 Å². The van der Waals surface area contributed by atoms with E-state index in [4.69, 9.17) is 9.73 Å². The van der Waals surface area contributed by atoms with E-state index in [0.29, 0.717) is 34.6 Å². The zero-order chi connectivity index (χ0) is 22.8. The highest BCUT2D eigenvalue weighted by Crippen LogP contribution is 2.36. The minimum Gasteiger partial charge on any atom is -0.496 e. The van der Waals surface area contributed by atoms with Crippen molar-refractivity contribution in [3.05, 3.63) is 77.0 Å². The summed E-state index contributed by atoms with van der Waals surface area (Å²) in [5.41, 5.74) is 3.85. The normalized spacial score (nSPS) is 19.8. The summed E-state index contributed by atoms with van der Waals surface area (Å²) in [5.74, 6) is 0.597. The van der Waals surface area contributed by atoms with E-state index in [0.717, 1.165) is 30.8 Å². The summed E-state index contributed by atoms with van der Waals surface area (Å²) in [6.07, 6.45) is 5.79. The van der Waals surface area contributed by atoms with Gasteiger partial charge in [0.2, 0.25) is 5.91 Å². The monoisotopic (exact) mass is 460 g/mol. The maximum absolute atomic E-state index is 13.4. The summed E-state index contributed by atoms with van der Waals surface area (Å²) < 4.78 is 5.66. The molecule has 0 aliphatic carbocycles. The highest BCUT2D eigenvalue weighted by atomic mass is 32.2. The number of para-hydroxylation sites is 1. The Hall–Kier alpha value is -3.52. The lowest BCUT2D eigenvalue weighted by Gasteiger charge is -2.17. The quantitative estimate of drug-likeness (QED) is 0.669. The highest BCUT2D eigenvalue weighted by molar-refractivity contribution is 8.18. The van der Waals surface area contributed by atoms with Crippen molar-refractivity contribution in [1.29, 1.82) is 0 Å². The molecule has 2 amide bonds. The van der Waals surface area contributed by atoms with Gasteiger partial charge in [0.05, 0.1) is 23.7 Å². The summed E-state index contributed by atoms with van der Waals surface area (Å²) in [5, 5.41) is 3.36. The van der Waals surface area contributed by atoms with E-state index >= 15 is 0 Å². The van der Waals surface area contributed by atoms with Crippen molar-refractivity contribution in [1.82, 2.24) is 4.90 Å². The predicted molar refractivity (Wildman–Crippen MR) is 131 cm³/mol. The fourth-order valence-corrected chi connectivity index (χ4v) is 5.01. The molecule has 3 aliphatic rings. The first-order valence-electron chi connectivity index (χ1n) is 10.9. The van der Waals surface area contributed by atoms with Crippen LogP contribution in [0.5, 0.6) is 0 Å². The first-order valence-corrected chi connectivity index (χ1v) is 11.7. The summed E-state index contributed by atoms with van der Waals surface area (Å²) in [7, 11) is 0. The molecule has 1 saturated heterocycles. The number of fused-ring (bicyclic) bond motifs is 1. The van der Waals surface area contributed by atoms with Crippen molar-refractivity contribution >= 4 is 45.8 Å². The van der Waals surface area contributed by atoms with Crippen LogP contribution in [-0.2, 0) is 20.7 Å². The number of amides is 2.